The Morgan fingerprint density at radius 2 is 1.74 bits per heavy atom. The number of benzene rings is 2. The summed E-state index contributed by atoms with van der Waals surface area (Å²) < 4.78 is 26.7. The van der Waals surface area contributed by atoms with Crippen molar-refractivity contribution in [3.8, 4) is 0 Å². The number of piperazine rings is 1. The minimum absolute atomic E-state index is 0.162. The van der Waals surface area contributed by atoms with Gasteiger partial charge in [0.05, 0.1) is 4.90 Å². The Labute approximate surface area is 180 Å². The number of hydrogen-bond donors (Lipinski definition) is 2. The lowest BCUT2D eigenvalue weighted by atomic mass is 10.2. The van der Waals surface area contributed by atoms with E-state index in [1.165, 1.54) is 6.07 Å². The van der Waals surface area contributed by atoms with Crippen molar-refractivity contribution in [2.24, 2.45) is 4.99 Å². The van der Waals surface area contributed by atoms with E-state index in [-0.39, 0.29) is 29.2 Å². The first kappa shape index (κ1) is 20.9. The number of sulfonamides is 1. The second-order valence-corrected chi connectivity index (χ2v) is 9.08. The van der Waals surface area contributed by atoms with E-state index in [0.29, 0.717) is 31.7 Å². The molecule has 4 rings (SSSR count). The number of urea groups is 1. The number of fused-ring (bicyclic) bond motifs is 1. The van der Waals surface area contributed by atoms with Gasteiger partial charge in [-0.1, -0.05) is 24.3 Å². The third-order valence-electron chi connectivity index (χ3n) is 5.22. The Bertz CT molecular complexity index is 1150. The van der Waals surface area contributed by atoms with E-state index in [0.717, 1.165) is 11.3 Å². The maximum atomic E-state index is 12.6. The smallest absolute Gasteiger partial charge is 0.321 e. The Morgan fingerprint density at radius 3 is 2.48 bits per heavy atom. The van der Waals surface area contributed by atoms with Gasteiger partial charge in [-0.05, 0) is 36.8 Å². The molecule has 2 aromatic carbocycles. The van der Waals surface area contributed by atoms with Gasteiger partial charge in [0.2, 0.25) is 5.91 Å². The molecule has 0 aliphatic carbocycles. The molecule has 2 aromatic rings. The highest BCUT2D eigenvalue weighted by molar-refractivity contribution is 7.90. The molecule has 3 amide bonds. The number of carbonyl (C=O) groups excluding carboxylic acids is 2. The highest BCUT2D eigenvalue weighted by Crippen LogP contribution is 2.22. The summed E-state index contributed by atoms with van der Waals surface area (Å²) in [6.07, 6.45) is 0. The summed E-state index contributed by atoms with van der Waals surface area (Å²) in [5.74, 6) is -0.0325. The molecule has 31 heavy (non-hydrogen) atoms. The Kier molecular flexibility index (Phi) is 5.64. The summed E-state index contributed by atoms with van der Waals surface area (Å²) in [6.45, 7) is 3.41. The molecule has 2 aliphatic rings. The fraction of sp³-hybridized carbons (Fsp3) is 0.286. The van der Waals surface area contributed by atoms with Crippen LogP contribution < -0.4 is 10.0 Å². The molecule has 0 bridgehead atoms. The molecule has 2 heterocycles. The van der Waals surface area contributed by atoms with Gasteiger partial charge in [-0.3, -0.25) is 14.5 Å². The number of amidine groups is 1. The maximum Gasteiger partial charge on any atom is 0.321 e. The molecule has 1 saturated heterocycles. The second kappa shape index (κ2) is 8.38. The SMILES string of the molecule is Cc1cccc(NC(=O)N2CCN(C(=O)CN=C3NS(=O)(=O)c4ccccc43)CC2)c1. The van der Waals surface area contributed by atoms with E-state index in [1.54, 1.807) is 28.0 Å². The molecular formula is C21H23N5O4S. The second-order valence-electron chi connectivity index (χ2n) is 7.43. The minimum Gasteiger partial charge on any atom is -0.338 e. The maximum absolute atomic E-state index is 12.6. The van der Waals surface area contributed by atoms with E-state index in [1.807, 2.05) is 31.2 Å². The van der Waals surface area contributed by atoms with Crippen LogP contribution in [0.3, 0.4) is 0 Å². The van der Waals surface area contributed by atoms with Crippen molar-refractivity contribution in [1.29, 1.82) is 0 Å². The number of aryl methyl sites for hydroxylation is 1. The van der Waals surface area contributed by atoms with Gasteiger partial charge in [0.15, 0.2) is 0 Å². The van der Waals surface area contributed by atoms with Crippen LogP contribution in [0.15, 0.2) is 58.4 Å². The molecule has 1 fully saturated rings. The topological polar surface area (TPSA) is 111 Å². The number of amides is 3. The van der Waals surface area contributed by atoms with Crippen LogP contribution in [0.5, 0.6) is 0 Å². The van der Waals surface area contributed by atoms with Gasteiger partial charge in [-0.15, -0.1) is 0 Å². The third kappa shape index (κ3) is 4.53. The molecule has 0 radical (unpaired) electrons. The van der Waals surface area contributed by atoms with Crippen molar-refractivity contribution in [2.75, 3.05) is 38.0 Å². The van der Waals surface area contributed by atoms with E-state index in [9.17, 15) is 18.0 Å². The fourth-order valence-electron chi connectivity index (χ4n) is 3.58. The Hall–Kier alpha value is -3.40. The van der Waals surface area contributed by atoms with Gasteiger partial charge in [0.1, 0.15) is 12.4 Å². The lowest BCUT2D eigenvalue weighted by molar-refractivity contribution is -0.130. The molecular weight excluding hydrogens is 418 g/mol. The molecule has 162 valence electrons. The van der Waals surface area contributed by atoms with E-state index in [4.69, 9.17) is 0 Å². The van der Waals surface area contributed by atoms with Crippen LogP contribution >= 0.6 is 0 Å². The highest BCUT2D eigenvalue weighted by Gasteiger charge is 2.30. The molecule has 9 nitrogen and oxygen atoms in total. The zero-order valence-electron chi connectivity index (χ0n) is 17.0. The van der Waals surface area contributed by atoms with Gasteiger partial charge >= 0.3 is 6.03 Å². The zero-order valence-corrected chi connectivity index (χ0v) is 17.9. The van der Waals surface area contributed by atoms with Crippen molar-refractivity contribution < 1.29 is 18.0 Å². The van der Waals surface area contributed by atoms with Gasteiger partial charge in [-0.2, -0.15) is 0 Å². The van der Waals surface area contributed by atoms with Crippen LogP contribution in [0.25, 0.3) is 0 Å². The lowest BCUT2D eigenvalue weighted by Crippen LogP contribution is -2.52. The minimum atomic E-state index is -3.63. The quantitative estimate of drug-likeness (QED) is 0.750. The van der Waals surface area contributed by atoms with Crippen molar-refractivity contribution in [3.63, 3.8) is 0 Å². The van der Waals surface area contributed by atoms with Crippen molar-refractivity contribution in [1.82, 2.24) is 14.5 Å². The van der Waals surface area contributed by atoms with E-state index < -0.39 is 10.0 Å². The lowest BCUT2D eigenvalue weighted by Gasteiger charge is -2.34. The number of nitrogens with zero attached hydrogens (tertiary/aromatic N) is 3. The summed E-state index contributed by atoms with van der Waals surface area (Å²) in [5, 5.41) is 2.87. The summed E-state index contributed by atoms with van der Waals surface area (Å²) in [4.78, 5) is 32.7. The number of anilines is 1. The number of hydrogen-bond acceptors (Lipinski definition) is 5. The van der Waals surface area contributed by atoms with Crippen molar-refractivity contribution in [3.05, 3.63) is 59.7 Å². The number of aliphatic imine (C=N–C) groups is 1. The Morgan fingerprint density at radius 1 is 1.03 bits per heavy atom. The molecule has 0 spiro atoms. The van der Waals surface area contributed by atoms with Crippen LogP contribution in [-0.2, 0) is 14.8 Å². The van der Waals surface area contributed by atoms with E-state index in [2.05, 4.69) is 15.0 Å². The first-order chi connectivity index (χ1) is 14.8. The standard InChI is InChI=1S/C21H23N5O4S/c1-15-5-4-6-16(13-15)23-21(28)26-11-9-25(10-12-26)19(27)14-22-20-17-7-2-3-8-18(17)31(29,30)24-20/h2-8,13H,9-12,14H2,1H3,(H,22,24)(H,23,28). The molecule has 0 unspecified atom stereocenters. The summed E-state index contributed by atoms with van der Waals surface area (Å²) >= 11 is 0. The molecule has 2 N–H and O–H groups in total. The third-order valence-corrected chi connectivity index (χ3v) is 6.62. The average molecular weight is 442 g/mol. The average Bonchev–Trinajstić information content (AvgIpc) is 3.02. The summed E-state index contributed by atoms with van der Waals surface area (Å²) in [7, 11) is -3.63. The molecule has 10 heteroatoms. The van der Waals surface area contributed by atoms with Gasteiger partial charge in [0.25, 0.3) is 10.0 Å². The molecule has 0 aromatic heterocycles. The predicted octanol–water partition coefficient (Wildman–Crippen LogP) is 1.41. The van der Waals surface area contributed by atoms with Crippen molar-refractivity contribution in [2.45, 2.75) is 11.8 Å². The Balaban J connectivity index is 1.32. The monoisotopic (exact) mass is 441 g/mol. The van der Waals surface area contributed by atoms with Crippen LogP contribution in [0, 0.1) is 6.92 Å². The van der Waals surface area contributed by atoms with Crippen LogP contribution in [0.4, 0.5) is 10.5 Å². The predicted molar refractivity (Wildman–Crippen MR) is 117 cm³/mol. The van der Waals surface area contributed by atoms with Gasteiger partial charge < -0.3 is 15.1 Å². The van der Waals surface area contributed by atoms with Gasteiger partial charge in [-0.25, -0.2) is 13.2 Å². The molecule has 0 saturated carbocycles. The van der Waals surface area contributed by atoms with Gasteiger partial charge in [0, 0.05) is 37.4 Å². The number of nitrogens with one attached hydrogen (secondary N) is 2. The highest BCUT2D eigenvalue weighted by atomic mass is 32.2. The van der Waals surface area contributed by atoms with Crippen LogP contribution in [0.1, 0.15) is 11.1 Å². The van der Waals surface area contributed by atoms with Crippen LogP contribution in [0.2, 0.25) is 0 Å². The zero-order chi connectivity index (χ0) is 22.0. The summed E-state index contributed by atoms with van der Waals surface area (Å²) in [5.41, 5.74) is 2.26. The largest absolute Gasteiger partial charge is 0.338 e. The van der Waals surface area contributed by atoms with Crippen LogP contribution in [-0.4, -0.2) is 68.7 Å². The summed E-state index contributed by atoms with van der Waals surface area (Å²) in [6, 6.07) is 13.9. The number of rotatable bonds is 3. The van der Waals surface area contributed by atoms with E-state index >= 15 is 0 Å². The fourth-order valence-corrected chi connectivity index (χ4v) is 4.83. The van der Waals surface area contributed by atoms with Crippen molar-refractivity contribution >= 4 is 33.5 Å². The molecule has 2 aliphatic heterocycles. The first-order valence-corrected chi connectivity index (χ1v) is 11.4. The normalized spacial score (nSPS) is 18.4. The first-order valence-electron chi connectivity index (χ1n) is 9.90. The number of carbonyl (C=O) groups is 2. The molecule has 0 atom stereocenters.